The van der Waals surface area contributed by atoms with Crippen LogP contribution in [0.4, 0.5) is 8.78 Å². The lowest BCUT2D eigenvalue weighted by Gasteiger charge is -2.11. The van der Waals surface area contributed by atoms with Crippen molar-refractivity contribution < 1.29 is 18.3 Å². The lowest BCUT2D eigenvalue weighted by atomic mass is 10.3. The van der Waals surface area contributed by atoms with E-state index < -0.39 is 6.61 Å². The van der Waals surface area contributed by atoms with E-state index in [1.54, 1.807) is 0 Å². The second-order valence-electron chi connectivity index (χ2n) is 2.27. The Kier molecular flexibility index (Phi) is 3.77. The third-order valence-electron chi connectivity index (χ3n) is 1.44. The molecule has 0 aliphatic rings. The summed E-state index contributed by atoms with van der Waals surface area (Å²) < 4.78 is 32.9. The lowest BCUT2D eigenvalue weighted by molar-refractivity contribution is -0.0511. The number of halogens is 4. The molecular weight excluding hydrogens is 237 g/mol. The number of ether oxygens (including phenoxy) is 2. The van der Waals surface area contributed by atoms with Crippen LogP contribution in [0, 0.1) is 0 Å². The van der Waals surface area contributed by atoms with Gasteiger partial charge >= 0.3 is 6.61 Å². The molecule has 0 spiro atoms. The highest BCUT2D eigenvalue weighted by atomic mass is 35.5. The Balaban J connectivity index is 3.14. The quantitative estimate of drug-likeness (QED) is 0.807. The highest BCUT2D eigenvalue weighted by molar-refractivity contribution is 6.43. The van der Waals surface area contributed by atoms with Crippen LogP contribution >= 0.6 is 23.2 Å². The first-order chi connectivity index (χ1) is 6.56. The van der Waals surface area contributed by atoms with Crippen molar-refractivity contribution in [1.82, 2.24) is 0 Å². The molecule has 0 aliphatic carbocycles. The van der Waals surface area contributed by atoms with Gasteiger partial charge in [-0.15, -0.1) is 0 Å². The second-order valence-corrected chi connectivity index (χ2v) is 3.06. The van der Waals surface area contributed by atoms with E-state index in [1.165, 1.54) is 19.2 Å². The predicted octanol–water partition coefficient (Wildman–Crippen LogP) is 3.60. The summed E-state index contributed by atoms with van der Waals surface area (Å²) in [6.45, 7) is -2.97. The largest absolute Gasteiger partial charge is 0.493 e. The molecule has 1 aromatic rings. The highest BCUT2D eigenvalue weighted by Crippen LogP contribution is 2.40. The molecule has 0 bridgehead atoms. The Morgan fingerprint density at radius 2 is 1.93 bits per heavy atom. The zero-order valence-corrected chi connectivity index (χ0v) is 8.57. The van der Waals surface area contributed by atoms with E-state index in [-0.39, 0.29) is 21.5 Å². The van der Waals surface area contributed by atoms with Gasteiger partial charge in [0.15, 0.2) is 11.5 Å². The van der Waals surface area contributed by atoms with Crippen molar-refractivity contribution in [3.8, 4) is 11.5 Å². The van der Waals surface area contributed by atoms with Crippen LogP contribution in [-0.2, 0) is 0 Å². The molecule has 0 radical (unpaired) electrons. The fraction of sp³-hybridized carbons (Fsp3) is 0.250. The second kappa shape index (κ2) is 4.66. The molecule has 0 saturated heterocycles. The molecule has 0 aromatic heterocycles. The van der Waals surface area contributed by atoms with Crippen LogP contribution in [0.1, 0.15) is 0 Å². The third kappa shape index (κ3) is 2.39. The molecule has 0 saturated carbocycles. The van der Waals surface area contributed by atoms with Gasteiger partial charge in [0.25, 0.3) is 0 Å². The molecule has 78 valence electrons. The first-order valence-electron chi connectivity index (χ1n) is 3.53. The van der Waals surface area contributed by atoms with E-state index in [4.69, 9.17) is 27.9 Å². The Morgan fingerprint density at radius 1 is 1.29 bits per heavy atom. The predicted molar refractivity (Wildman–Crippen MR) is 49.6 cm³/mol. The van der Waals surface area contributed by atoms with Crippen molar-refractivity contribution in [2.45, 2.75) is 6.61 Å². The molecule has 0 N–H and O–H groups in total. The van der Waals surface area contributed by atoms with E-state index in [1.807, 2.05) is 0 Å². The van der Waals surface area contributed by atoms with Crippen LogP contribution in [0.3, 0.4) is 0 Å². The molecule has 6 heteroatoms. The van der Waals surface area contributed by atoms with Gasteiger partial charge in [-0.25, -0.2) is 0 Å². The topological polar surface area (TPSA) is 18.5 Å². The van der Waals surface area contributed by atoms with E-state index in [0.717, 1.165) is 0 Å². The number of rotatable bonds is 3. The smallest absolute Gasteiger partial charge is 0.387 e. The maximum atomic E-state index is 12.0. The first-order valence-corrected chi connectivity index (χ1v) is 4.28. The molecule has 0 fully saturated rings. The zero-order valence-electron chi connectivity index (χ0n) is 7.06. The van der Waals surface area contributed by atoms with Gasteiger partial charge in [0.2, 0.25) is 0 Å². The molecular formula is C8H6Cl2F2O2. The van der Waals surface area contributed by atoms with Crippen LogP contribution in [0.5, 0.6) is 11.5 Å². The van der Waals surface area contributed by atoms with Gasteiger partial charge in [-0.1, -0.05) is 23.2 Å². The summed E-state index contributed by atoms with van der Waals surface area (Å²) in [6.07, 6.45) is 0. The Morgan fingerprint density at radius 3 is 2.43 bits per heavy atom. The van der Waals surface area contributed by atoms with Crippen LogP contribution in [0.2, 0.25) is 10.0 Å². The number of benzene rings is 1. The van der Waals surface area contributed by atoms with Crippen molar-refractivity contribution in [1.29, 1.82) is 0 Å². The maximum absolute atomic E-state index is 12.0. The van der Waals surface area contributed by atoms with Crippen molar-refractivity contribution in [3.05, 3.63) is 22.2 Å². The average Bonchev–Trinajstić information content (AvgIpc) is 2.13. The lowest BCUT2D eigenvalue weighted by Crippen LogP contribution is -2.04. The number of methoxy groups -OCH3 is 1. The average molecular weight is 243 g/mol. The Hall–Kier alpha value is -0.740. The first kappa shape index (κ1) is 11.3. The monoisotopic (exact) mass is 242 g/mol. The molecule has 0 unspecified atom stereocenters. The van der Waals surface area contributed by atoms with E-state index in [2.05, 4.69) is 4.74 Å². The molecule has 1 aromatic carbocycles. The summed E-state index contributed by atoms with van der Waals surface area (Å²) >= 11 is 11.3. The Bertz CT molecular complexity index is 331. The molecule has 0 atom stereocenters. The summed E-state index contributed by atoms with van der Waals surface area (Å²) in [7, 11) is 1.32. The zero-order chi connectivity index (χ0) is 10.7. The van der Waals surface area contributed by atoms with Crippen molar-refractivity contribution in [3.63, 3.8) is 0 Å². The summed E-state index contributed by atoms with van der Waals surface area (Å²) in [5, 5.41) is 0.0365. The summed E-state index contributed by atoms with van der Waals surface area (Å²) in [4.78, 5) is 0. The fourth-order valence-electron chi connectivity index (χ4n) is 0.874. The van der Waals surface area contributed by atoms with Gasteiger partial charge in [-0.3, -0.25) is 0 Å². The molecule has 0 aliphatic heterocycles. The SMILES string of the molecule is COc1ccc(Cl)c(Cl)c1OC(F)F. The van der Waals surface area contributed by atoms with E-state index in [0.29, 0.717) is 0 Å². The molecule has 1 rings (SSSR count). The van der Waals surface area contributed by atoms with Crippen LogP contribution in [-0.4, -0.2) is 13.7 Å². The number of hydrogen-bond acceptors (Lipinski definition) is 2. The third-order valence-corrected chi connectivity index (χ3v) is 2.23. The van der Waals surface area contributed by atoms with Crippen LogP contribution in [0.15, 0.2) is 12.1 Å². The number of hydrogen-bond donors (Lipinski definition) is 0. The number of alkyl halides is 2. The van der Waals surface area contributed by atoms with Gasteiger partial charge < -0.3 is 9.47 Å². The minimum atomic E-state index is -2.97. The molecule has 2 nitrogen and oxygen atoms in total. The molecule has 0 heterocycles. The van der Waals surface area contributed by atoms with Crippen molar-refractivity contribution in [2.75, 3.05) is 7.11 Å². The maximum Gasteiger partial charge on any atom is 0.387 e. The van der Waals surface area contributed by atoms with Crippen LogP contribution < -0.4 is 9.47 Å². The minimum Gasteiger partial charge on any atom is -0.493 e. The van der Waals surface area contributed by atoms with Gasteiger partial charge in [-0.2, -0.15) is 8.78 Å². The van der Waals surface area contributed by atoms with Gasteiger partial charge in [-0.05, 0) is 12.1 Å². The molecule has 14 heavy (non-hydrogen) atoms. The van der Waals surface area contributed by atoms with Gasteiger partial charge in [0.1, 0.15) is 5.02 Å². The van der Waals surface area contributed by atoms with E-state index >= 15 is 0 Å². The summed E-state index contributed by atoms with van der Waals surface area (Å²) in [6, 6.07) is 2.83. The summed E-state index contributed by atoms with van der Waals surface area (Å²) in [5.74, 6) is -0.142. The minimum absolute atomic E-state index is 0.0914. The van der Waals surface area contributed by atoms with Crippen molar-refractivity contribution in [2.24, 2.45) is 0 Å². The molecule has 0 amide bonds. The van der Waals surface area contributed by atoms with E-state index in [9.17, 15) is 8.78 Å². The fourth-order valence-corrected chi connectivity index (χ4v) is 1.22. The van der Waals surface area contributed by atoms with Crippen molar-refractivity contribution >= 4 is 23.2 Å². The normalized spacial score (nSPS) is 10.4. The standard InChI is InChI=1S/C8H6Cl2F2O2/c1-13-5-3-2-4(9)6(10)7(5)14-8(11)12/h2-3,8H,1H3. The van der Waals surface area contributed by atoms with Gasteiger partial charge in [0.05, 0.1) is 12.1 Å². The van der Waals surface area contributed by atoms with Gasteiger partial charge in [0, 0.05) is 0 Å². The summed E-state index contributed by atoms with van der Waals surface area (Å²) in [5.41, 5.74) is 0. The Labute approximate surface area is 89.3 Å². The highest BCUT2D eigenvalue weighted by Gasteiger charge is 2.16. The van der Waals surface area contributed by atoms with Crippen LogP contribution in [0.25, 0.3) is 0 Å².